The maximum Gasteiger partial charge on any atom is 0.161 e. The van der Waals surface area contributed by atoms with Gasteiger partial charge < -0.3 is 14.8 Å². The first-order chi connectivity index (χ1) is 10.2. The molecule has 2 rings (SSSR count). The maximum absolute atomic E-state index is 5.78. The Balaban J connectivity index is 1.84. The second-order valence-corrected chi connectivity index (χ2v) is 5.03. The minimum atomic E-state index is 0.594. The second-order valence-electron chi connectivity index (χ2n) is 5.03. The molecule has 3 heteroatoms. The first kappa shape index (κ1) is 15.2. The molecule has 2 aromatic rings. The minimum absolute atomic E-state index is 0.594. The summed E-state index contributed by atoms with van der Waals surface area (Å²) >= 11 is 0. The molecule has 1 N–H and O–H groups in total. The van der Waals surface area contributed by atoms with E-state index < -0.39 is 0 Å². The lowest BCUT2D eigenvalue weighted by Gasteiger charge is -2.13. The molecule has 0 spiro atoms. The molecule has 112 valence electrons. The van der Waals surface area contributed by atoms with Gasteiger partial charge in [-0.2, -0.15) is 0 Å². The van der Waals surface area contributed by atoms with Crippen molar-refractivity contribution in [2.45, 2.75) is 20.8 Å². The van der Waals surface area contributed by atoms with Crippen LogP contribution in [-0.2, 0) is 0 Å². The number of hydrogen-bond acceptors (Lipinski definition) is 3. The highest BCUT2D eigenvalue weighted by molar-refractivity contribution is 5.48. The lowest BCUT2D eigenvalue weighted by Crippen LogP contribution is -2.12. The lowest BCUT2D eigenvalue weighted by atomic mass is 10.1. The average Bonchev–Trinajstić information content (AvgIpc) is 2.44. The molecule has 0 amide bonds. The highest BCUT2D eigenvalue weighted by Crippen LogP contribution is 2.26. The summed E-state index contributed by atoms with van der Waals surface area (Å²) in [5, 5.41) is 3.38. The van der Waals surface area contributed by atoms with E-state index in [1.165, 1.54) is 11.1 Å². The van der Waals surface area contributed by atoms with Crippen LogP contribution in [0.2, 0.25) is 0 Å². The lowest BCUT2D eigenvalue weighted by molar-refractivity contribution is 0.284. The summed E-state index contributed by atoms with van der Waals surface area (Å²) in [6.07, 6.45) is 0. The van der Waals surface area contributed by atoms with Crippen LogP contribution in [0.1, 0.15) is 18.1 Å². The maximum atomic E-state index is 5.78. The van der Waals surface area contributed by atoms with Crippen molar-refractivity contribution in [3.8, 4) is 11.5 Å². The van der Waals surface area contributed by atoms with Crippen LogP contribution >= 0.6 is 0 Å². The van der Waals surface area contributed by atoms with Crippen molar-refractivity contribution >= 4 is 5.69 Å². The third-order valence-corrected chi connectivity index (χ3v) is 3.06. The summed E-state index contributed by atoms with van der Waals surface area (Å²) in [4.78, 5) is 0. The smallest absolute Gasteiger partial charge is 0.161 e. The molecule has 0 saturated carbocycles. The molecule has 0 saturated heterocycles. The summed E-state index contributed by atoms with van der Waals surface area (Å²) in [6.45, 7) is 8.17. The number of para-hydroxylation sites is 2. The summed E-state index contributed by atoms with van der Waals surface area (Å²) < 4.78 is 11.3. The minimum Gasteiger partial charge on any atom is -0.490 e. The predicted octanol–water partition coefficient (Wildman–Crippen LogP) is 4.19. The van der Waals surface area contributed by atoms with Crippen molar-refractivity contribution in [2.75, 3.05) is 25.1 Å². The molecule has 0 aliphatic rings. The monoisotopic (exact) mass is 285 g/mol. The first-order valence-corrected chi connectivity index (χ1v) is 7.36. The predicted molar refractivity (Wildman–Crippen MR) is 87.5 cm³/mol. The van der Waals surface area contributed by atoms with Crippen LogP contribution in [-0.4, -0.2) is 19.8 Å². The van der Waals surface area contributed by atoms with Crippen LogP contribution in [0.15, 0.2) is 42.5 Å². The molecule has 21 heavy (non-hydrogen) atoms. The number of hydrogen-bond donors (Lipinski definition) is 1. The standard InChI is InChI=1S/C18H23NO2/c1-4-20-17-7-5-6-8-18(17)21-10-9-19-16-12-14(2)11-15(3)13-16/h5-8,11-13,19H,4,9-10H2,1-3H3. The van der Waals surface area contributed by atoms with Crippen molar-refractivity contribution in [1.82, 2.24) is 0 Å². The molecule has 0 aromatic heterocycles. The van der Waals surface area contributed by atoms with Gasteiger partial charge in [-0.25, -0.2) is 0 Å². The molecular weight excluding hydrogens is 262 g/mol. The molecule has 2 aromatic carbocycles. The van der Waals surface area contributed by atoms with E-state index >= 15 is 0 Å². The van der Waals surface area contributed by atoms with Gasteiger partial charge in [-0.3, -0.25) is 0 Å². The van der Waals surface area contributed by atoms with E-state index in [-0.39, 0.29) is 0 Å². The van der Waals surface area contributed by atoms with Gasteiger partial charge in [-0.1, -0.05) is 18.2 Å². The van der Waals surface area contributed by atoms with Gasteiger partial charge in [0.1, 0.15) is 6.61 Å². The molecule has 0 fully saturated rings. The number of rotatable bonds is 7. The molecule has 0 heterocycles. The Morgan fingerprint density at radius 3 is 2.14 bits per heavy atom. The number of aryl methyl sites for hydroxylation is 2. The van der Waals surface area contributed by atoms with E-state index in [1.54, 1.807) is 0 Å². The molecule has 0 unspecified atom stereocenters. The molecule has 0 atom stereocenters. The zero-order chi connectivity index (χ0) is 15.1. The van der Waals surface area contributed by atoms with E-state index in [0.717, 1.165) is 23.7 Å². The first-order valence-electron chi connectivity index (χ1n) is 7.36. The van der Waals surface area contributed by atoms with Gasteiger partial charge in [-0.05, 0) is 56.2 Å². The van der Waals surface area contributed by atoms with Crippen LogP contribution in [0, 0.1) is 13.8 Å². The normalized spacial score (nSPS) is 10.2. The van der Waals surface area contributed by atoms with Crippen molar-refractivity contribution in [3.63, 3.8) is 0 Å². The highest BCUT2D eigenvalue weighted by Gasteiger charge is 2.03. The number of anilines is 1. The fraction of sp³-hybridized carbons (Fsp3) is 0.333. The Kier molecular flexibility index (Phi) is 5.50. The summed E-state index contributed by atoms with van der Waals surface area (Å²) in [6, 6.07) is 14.2. The molecule has 0 aliphatic heterocycles. The average molecular weight is 285 g/mol. The zero-order valence-corrected chi connectivity index (χ0v) is 13.0. The third-order valence-electron chi connectivity index (χ3n) is 3.06. The number of nitrogens with one attached hydrogen (secondary N) is 1. The molecule has 0 radical (unpaired) electrons. The quantitative estimate of drug-likeness (QED) is 0.774. The number of benzene rings is 2. The fourth-order valence-electron chi connectivity index (χ4n) is 2.28. The van der Waals surface area contributed by atoms with Crippen LogP contribution in [0.5, 0.6) is 11.5 Å². The molecule has 0 aliphatic carbocycles. The summed E-state index contributed by atoms with van der Waals surface area (Å²) in [5.41, 5.74) is 3.66. The van der Waals surface area contributed by atoms with E-state index in [4.69, 9.17) is 9.47 Å². The largest absolute Gasteiger partial charge is 0.490 e. The Morgan fingerprint density at radius 2 is 1.52 bits per heavy atom. The van der Waals surface area contributed by atoms with Crippen molar-refractivity contribution < 1.29 is 9.47 Å². The Labute approximate surface area is 126 Å². The van der Waals surface area contributed by atoms with Gasteiger partial charge in [0.25, 0.3) is 0 Å². The van der Waals surface area contributed by atoms with E-state index in [1.807, 2.05) is 31.2 Å². The van der Waals surface area contributed by atoms with E-state index in [2.05, 4.69) is 37.4 Å². The van der Waals surface area contributed by atoms with Gasteiger partial charge in [0.2, 0.25) is 0 Å². The summed E-state index contributed by atoms with van der Waals surface area (Å²) in [7, 11) is 0. The molecule has 3 nitrogen and oxygen atoms in total. The van der Waals surface area contributed by atoms with Crippen molar-refractivity contribution in [1.29, 1.82) is 0 Å². The fourth-order valence-corrected chi connectivity index (χ4v) is 2.28. The van der Waals surface area contributed by atoms with Gasteiger partial charge in [0.15, 0.2) is 11.5 Å². The molecular formula is C18H23NO2. The molecule has 0 bridgehead atoms. The van der Waals surface area contributed by atoms with E-state index in [9.17, 15) is 0 Å². The Morgan fingerprint density at radius 1 is 0.905 bits per heavy atom. The Hall–Kier alpha value is -2.16. The van der Waals surface area contributed by atoms with Gasteiger partial charge >= 0.3 is 0 Å². The Bertz CT molecular complexity index is 561. The topological polar surface area (TPSA) is 30.5 Å². The SMILES string of the molecule is CCOc1ccccc1OCCNc1cc(C)cc(C)c1. The third kappa shape index (κ3) is 4.71. The number of ether oxygens (including phenoxy) is 2. The van der Waals surface area contributed by atoms with Crippen LogP contribution in [0.25, 0.3) is 0 Å². The summed E-state index contributed by atoms with van der Waals surface area (Å²) in [5.74, 6) is 1.59. The van der Waals surface area contributed by atoms with Gasteiger partial charge in [0.05, 0.1) is 6.61 Å². The highest BCUT2D eigenvalue weighted by atomic mass is 16.5. The van der Waals surface area contributed by atoms with Crippen LogP contribution in [0.4, 0.5) is 5.69 Å². The van der Waals surface area contributed by atoms with Crippen LogP contribution in [0.3, 0.4) is 0 Å². The van der Waals surface area contributed by atoms with E-state index in [0.29, 0.717) is 13.2 Å². The van der Waals surface area contributed by atoms with Crippen molar-refractivity contribution in [2.24, 2.45) is 0 Å². The van der Waals surface area contributed by atoms with Crippen LogP contribution < -0.4 is 14.8 Å². The van der Waals surface area contributed by atoms with Gasteiger partial charge in [0, 0.05) is 12.2 Å². The zero-order valence-electron chi connectivity index (χ0n) is 13.0. The van der Waals surface area contributed by atoms with Gasteiger partial charge in [-0.15, -0.1) is 0 Å². The van der Waals surface area contributed by atoms with Crippen molar-refractivity contribution in [3.05, 3.63) is 53.6 Å². The second kappa shape index (κ2) is 7.58.